The highest BCUT2D eigenvalue weighted by molar-refractivity contribution is 6.05. The Morgan fingerprint density at radius 2 is 1.74 bits per heavy atom. The van der Waals surface area contributed by atoms with Gasteiger partial charge in [0.25, 0.3) is 11.5 Å². The smallest absolute Gasteiger partial charge is 0.271 e. The number of benzene rings is 2. The van der Waals surface area contributed by atoms with Gasteiger partial charge in [-0.3, -0.25) is 9.59 Å². The number of H-pyrrole nitrogens is 2. The number of hydrogen-bond acceptors (Lipinski definition) is 3. The van der Waals surface area contributed by atoms with Crippen molar-refractivity contribution in [2.24, 2.45) is 0 Å². The fraction of sp³-hybridized carbons (Fsp3) is 0.200. The van der Waals surface area contributed by atoms with E-state index in [1.165, 1.54) is 19.3 Å². The number of anilines is 2. The molecule has 156 valence electrons. The Hall–Kier alpha value is -3.80. The molecular weight excluding hydrogens is 388 g/mol. The number of carbonyl (C=O) groups is 1. The molecule has 2 aromatic carbocycles. The van der Waals surface area contributed by atoms with Gasteiger partial charge in [-0.2, -0.15) is 0 Å². The van der Waals surface area contributed by atoms with E-state index in [0.29, 0.717) is 5.56 Å². The zero-order valence-electron chi connectivity index (χ0n) is 17.2. The lowest BCUT2D eigenvalue weighted by Gasteiger charge is -2.28. The van der Waals surface area contributed by atoms with E-state index in [-0.39, 0.29) is 17.2 Å². The maximum Gasteiger partial charge on any atom is 0.271 e. The van der Waals surface area contributed by atoms with Crippen LogP contribution in [0, 0.1) is 0 Å². The van der Waals surface area contributed by atoms with E-state index in [1.54, 1.807) is 12.3 Å². The first kappa shape index (κ1) is 19.2. The maximum absolute atomic E-state index is 12.8. The SMILES string of the molecule is O=C(Nc1cc(-c2cccc3cc[nH]c23)c[nH]c1=O)c1ccc(N2CCCCC2)cc1. The lowest BCUT2D eigenvalue weighted by atomic mass is 10.0. The molecule has 0 aliphatic carbocycles. The Labute approximate surface area is 179 Å². The van der Waals surface area contributed by atoms with E-state index in [4.69, 9.17) is 0 Å². The number of aromatic amines is 2. The number of fused-ring (bicyclic) bond motifs is 1. The number of para-hydroxylation sites is 1. The van der Waals surface area contributed by atoms with E-state index in [1.807, 2.05) is 54.7 Å². The largest absolute Gasteiger partial charge is 0.372 e. The monoisotopic (exact) mass is 412 g/mol. The van der Waals surface area contributed by atoms with Crippen LogP contribution in [0.2, 0.25) is 0 Å². The summed E-state index contributed by atoms with van der Waals surface area (Å²) in [6, 6.07) is 17.3. The van der Waals surface area contributed by atoms with E-state index in [2.05, 4.69) is 20.2 Å². The Bertz CT molecular complexity index is 1280. The number of rotatable bonds is 4. The van der Waals surface area contributed by atoms with Crippen molar-refractivity contribution in [3.8, 4) is 11.1 Å². The van der Waals surface area contributed by atoms with Gasteiger partial charge in [0.05, 0.1) is 5.52 Å². The van der Waals surface area contributed by atoms with Crippen LogP contribution in [0.25, 0.3) is 22.0 Å². The second-order valence-electron chi connectivity index (χ2n) is 7.93. The van der Waals surface area contributed by atoms with Gasteiger partial charge in [-0.15, -0.1) is 0 Å². The molecule has 1 aliphatic heterocycles. The molecule has 3 heterocycles. The summed E-state index contributed by atoms with van der Waals surface area (Å²) in [4.78, 5) is 33.5. The standard InChI is InChI=1S/C25H24N4O2/c30-24(18-7-9-20(10-8-18)29-13-2-1-3-14-29)28-22-15-19(16-27-25(22)31)21-6-4-5-17-11-12-26-23(17)21/h4-12,15-16,26H,1-3,13-14H2,(H,27,31)(H,28,30). The Kier molecular flexibility index (Phi) is 5.04. The van der Waals surface area contributed by atoms with Crippen LogP contribution in [0.3, 0.4) is 0 Å². The molecule has 4 aromatic rings. The van der Waals surface area contributed by atoms with Gasteiger partial charge >= 0.3 is 0 Å². The Morgan fingerprint density at radius 3 is 2.55 bits per heavy atom. The zero-order chi connectivity index (χ0) is 21.2. The lowest BCUT2D eigenvalue weighted by molar-refractivity contribution is 0.102. The molecule has 1 aliphatic rings. The van der Waals surface area contributed by atoms with Gasteiger partial charge in [-0.1, -0.05) is 18.2 Å². The molecule has 6 heteroatoms. The summed E-state index contributed by atoms with van der Waals surface area (Å²) in [5, 5.41) is 3.86. The van der Waals surface area contributed by atoms with Crippen LogP contribution in [0.5, 0.6) is 0 Å². The van der Waals surface area contributed by atoms with Crippen molar-refractivity contribution < 1.29 is 4.79 Å². The van der Waals surface area contributed by atoms with E-state index < -0.39 is 0 Å². The third kappa shape index (κ3) is 3.84. The Balaban J connectivity index is 1.38. The first-order valence-electron chi connectivity index (χ1n) is 10.6. The highest BCUT2D eigenvalue weighted by Gasteiger charge is 2.14. The number of carbonyl (C=O) groups excluding carboxylic acids is 1. The van der Waals surface area contributed by atoms with Crippen LogP contribution in [0.1, 0.15) is 29.6 Å². The minimum absolute atomic E-state index is 0.228. The fourth-order valence-electron chi connectivity index (χ4n) is 4.23. The molecule has 5 rings (SSSR count). The Morgan fingerprint density at radius 1 is 0.935 bits per heavy atom. The molecule has 0 spiro atoms. The summed E-state index contributed by atoms with van der Waals surface area (Å²) in [5.74, 6) is -0.300. The predicted octanol–water partition coefficient (Wildman–Crippen LogP) is 4.77. The molecule has 1 fully saturated rings. The molecule has 1 amide bonds. The van der Waals surface area contributed by atoms with E-state index in [0.717, 1.165) is 40.8 Å². The molecule has 1 saturated heterocycles. The van der Waals surface area contributed by atoms with Crippen LogP contribution in [0.15, 0.2) is 71.8 Å². The van der Waals surface area contributed by atoms with Gasteiger partial charge in [0.1, 0.15) is 5.69 Å². The lowest BCUT2D eigenvalue weighted by Crippen LogP contribution is -2.29. The molecule has 0 unspecified atom stereocenters. The molecule has 0 bridgehead atoms. The van der Waals surface area contributed by atoms with Crippen molar-refractivity contribution >= 4 is 28.2 Å². The molecule has 0 atom stereocenters. The van der Waals surface area contributed by atoms with Crippen molar-refractivity contribution in [2.45, 2.75) is 19.3 Å². The fourth-order valence-corrected chi connectivity index (χ4v) is 4.23. The van der Waals surface area contributed by atoms with Crippen LogP contribution in [-0.4, -0.2) is 29.0 Å². The minimum Gasteiger partial charge on any atom is -0.372 e. The van der Waals surface area contributed by atoms with Crippen LogP contribution in [-0.2, 0) is 0 Å². The average molecular weight is 412 g/mol. The third-order valence-corrected chi connectivity index (χ3v) is 5.90. The number of aromatic nitrogens is 2. The summed E-state index contributed by atoms with van der Waals surface area (Å²) in [5.41, 5.74) is 4.32. The molecule has 3 N–H and O–H groups in total. The highest BCUT2D eigenvalue weighted by atomic mass is 16.2. The molecule has 31 heavy (non-hydrogen) atoms. The zero-order valence-corrected chi connectivity index (χ0v) is 17.2. The van der Waals surface area contributed by atoms with Crippen molar-refractivity contribution in [2.75, 3.05) is 23.3 Å². The number of piperidine rings is 1. The normalized spacial score (nSPS) is 14.0. The van der Waals surface area contributed by atoms with Gasteiger partial charge in [0.2, 0.25) is 0 Å². The molecule has 2 aromatic heterocycles. The van der Waals surface area contributed by atoms with E-state index in [9.17, 15) is 9.59 Å². The summed E-state index contributed by atoms with van der Waals surface area (Å²) >= 11 is 0. The van der Waals surface area contributed by atoms with Crippen LogP contribution >= 0.6 is 0 Å². The summed E-state index contributed by atoms with van der Waals surface area (Å²) in [6.45, 7) is 2.11. The van der Waals surface area contributed by atoms with Gasteiger partial charge in [0, 0.05) is 47.9 Å². The third-order valence-electron chi connectivity index (χ3n) is 5.90. The first-order chi connectivity index (χ1) is 15.2. The molecule has 6 nitrogen and oxygen atoms in total. The quantitative estimate of drug-likeness (QED) is 0.452. The van der Waals surface area contributed by atoms with Gasteiger partial charge in [0.15, 0.2) is 0 Å². The second kappa shape index (κ2) is 8.14. The number of pyridine rings is 1. The van der Waals surface area contributed by atoms with Crippen LogP contribution < -0.4 is 15.8 Å². The molecule has 0 saturated carbocycles. The predicted molar refractivity (Wildman–Crippen MR) is 125 cm³/mol. The minimum atomic E-state index is -0.333. The number of hydrogen-bond donors (Lipinski definition) is 3. The van der Waals surface area contributed by atoms with Crippen molar-refractivity contribution in [1.29, 1.82) is 0 Å². The van der Waals surface area contributed by atoms with Crippen molar-refractivity contribution in [1.82, 2.24) is 9.97 Å². The maximum atomic E-state index is 12.8. The van der Waals surface area contributed by atoms with E-state index >= 15 is 0 Å². The summed E-state index contributed by atoms with van der Waals surface area (Å²) in [6.07, 6.45) is 7.25. The summed E-state index contributed by atoms with van der Waals surface area (Å²) in [7, 11) is 0. The van der Waals surface area contributed by atoms with Crippen molar-refractivity contribution in [3.63, 3.8) is 0 Å². The van der Waals surface area contributed by atoms with Crippen LogP contribution in [0.4, 0.5) is 11.4 Å². The topological polar surface area (TPSA) is 81.0 Å². The van der Waals surface area contributed by atoms with Gasteiger partial charge < -0.3 is 20.2 Å². The summed E-state index contributed by atoms with van der Waals surface area (Å²) < 4.78 is 0. The molecular formula is C25H24N4O2. The second-order valence-corrected chi connectivity index (χ2v) is 7.93. The number of amides is 1. The first-order valence-corrected chi connectivity index (χ1v) is 10.6. The highest BCUT2D eigenvalue weighted by Crippen LogP contribution is 2.28. The average Bonchev–Trinajstić information content (AvgIpc) is 3.30. The van der Waals surface area contributed by atoms with Gasteiger partial charge in [-0.25, -0.2) is 0 Å². The molecule has 0 radical (unpaired) electrons. The number of nitrogens with one attached hydrogen (secondary N) is 3. The number of nitrogens with zero attached hydrogens (tertiary/aromatic N) is 1. The van der Waals surface area contributed by atoms with Gasteiger partial charge in [-0.05, 0) is 61.0 Å². The van der Waals surface area contributed by atoms with Crippen molar-refractivity contribution in [3.05, 3.63) is 82.9 Å².